The number of hydrogen-bond acceptors (Lipinski definition) is 3. The van der Waals surface area contributed by atoms with E-state index < -0.39 is 15.8 Å². The summed E-state index contributed by atoms with van der Waals surface area (Å²) in [6.07, 6.45) is 1.39. The van der Waals surface area contributed by atoms with Crippen LogP contribution in [0.25, 0.3) is 0 Å². The van der Waals surface area contributed by atoms with Crippen molar-refractivity contribution < 1.29 is 12.8 Å². The number of nitrogens with one attached hydrogen (secondary N) is 1. The molecule has 0 unspecified atom stereocenters. The van der Waals surface area contributed by atoms with Gasteiger partial charge in [0.05, 0.1) is 4.90 Å². The molecule has 4 nitrogen and oxygen atoms in total. The van der Waals surface area contributed by atoms with E-state index in [1.165, 1.54) is 12.1 Å². The Bertz CT molecular complexity index is 451. The van der Waals surface area contributed by atoms with Crippen LogP contribution in [-0.4, -0.2) is 15.0 Å². The van der Waals surface area contributed by atoms with Crippen molar-refractivity contribution >= 4 is 15.7 Å². The van der Waals surface area contributed by atoms with Gasteiger partial charge in [-0.2, -0.15) is 0 Å². The van der Waals surface area contributed by atoms with E-state index >= 15 is 0 Å². The molecule has 0 saturated heterocycles. The molecule has 0 aromatic heterocycles. The van der Waals surface area contributed by atoms with Crippen molar-refractivity contribution in [3.8, 4) is 0 Å². The van der Waals surface area contributed by atoms with Gasteiger partial charge in [0, 0.05) is 12.2 Å². The second kappa shape index (κ2) is 4.41. The lowest BCUT2D eigenvalue weighted by Gasteiger charge is -2.05. The fourth-order valence-electron chi connectivity index (χ4n) is 0.992. The summed E-state index contributed by atoms with van der Waals surface area (Å²) in [6.45, 7) is 3.45. The number of halogens is 1. The normalized spacial score (nSPS) is 11.3. The van der Waals surface area contributed by atoms with Gasteiger partial charge < -0.3 is 5.73 Å². The highest BCUT2D eigenvalue weighted by atomic mass is 32.2. The molecule has 0 saturated carbocycles. The molecule has 3 N–H and O–H groups in total. The minimum atomic E-state index is -3.71. The van der Waals surface area contributed by atoms with Gasteiger partial charge in [0.1, 0.15) is 5.82 Å². The summed E-state index contributed by atoms with van der Waals surface area (Å²) >= 11 is 0. The Morgan fingerprint density at radius 3 is 2.67 bits per heavy atom. The molecule has 0 heterocycles. The van der Waals surface area contributed by atoms with Gasteiger partial charge in [-0.05, 0) is 18.2 Å². The van der Waals surface area contributed by atoms with Crippen molar-refractivity contribution in [3.63, 3.8) is 0 Å². The maximum Gasteiger partial charge on any atom is 0.241 e. The van der Waals surface area contributed by atoms with Crippen LogP contribution >= 0.6 is 0 Å². The third-order valence-corrected chi connectivity index (χ3v) is 3.02. The van der Waals surface area contributed by atoms with E-state index in [0.29, 0.717) is 0 Å². The maximum atomic E-state index is 12.9. The number of hydrogen-bond donors (Lipinski definition) is 2. The molecular formula is C9H11FN2O2S. The Balaban J connectivity index is 3.09. The molecule has 0 fully saturated rings. The van der Waals surface area contributed by atoms with E-state index in [1.54, 1.807) is 0 Å². The molecule has 0 amide bonds. The lowest BCUT2D eigenvalue weighted by Crippen LogP contribution is -2.23. The predicted molar refractivity (Wildman–Crippen MR) is 56.2 cm³/mol. The molecular weight excluding hydrogens is 219 g/mol. The largest absolute Gasteiger partial charge is 0.399 e. The first kappa shape index (κ1) is 11.7. The number of nitrogen functional groups attached to an aromatic ring is 1. The fourth-order valence-corrected chi connectivity index (χ4v) is 2.05. The highest BCUT2D eigenvalue weighted by molar-refractivity contribution is 7.89. The Kier molecular flexibility index (Phi) is 3.43. The Morgan fingerprint density at radius 1 is 1.47 bits per heavy atom. The van der Waals surface area contributed by atoms with Crippen LogP contribution in [0.5, 0.6) is 0 Å². The van der Waals surface area contributed by atoms with Gasteiger partial charge >= 0.3 is 0 Å². The third kappa shape index (κ3) is 3.03. The van der Waals surface area contributed by atoms with Gasteiger partial charge in [-0.15, -0.1) is 6.58 Å². The van der Waals surface area contributed by atoms with Gasteiger partial charge in [-0.3, -0.25) is 0 Å². The Labute approximate surface area is 87.7 Å². The lowest BCUT2D eigenvalue weighted by molar-refractivity contribution is 0.581. The van der Waals surface area contributed by atoms with Gasteiger partial charge in [0.15, 0.2) is 0 Å². The minimum Gasteiger partial charge on any atom is -0.399 e. The molecule has 0 aliphatic rings. The second-order valence-corrected chi connectivity index (χ2v) is 4.63. The topological polar surface area (TPSA) is 72.2 Å². The van der Waals surface area contributed by atoms with Crippen molar-refractivity contribution in [1.82, 2.24) is 4.72 Å². The van der Waals surface area contributed by atoms with Gasteiger partial charge in [0.25, 0.3) is 0 Å². The van der Waals surface area contributed by atoms with Gasteiger partial charge in [0.2, 0.25) is 10.0 Å². The van der Waals surface area contributed by atoms with Crippen LogP contribution in [0.1, 0.15) is 0 Å². The number of benzene rings is 1. The van der Waals surface area contributed by atoms with Gasteiger partial charge in [-0.1, -0.05) is 6.08 Å². The highest BCUT2D eigenvalue weighted by Crippen LogP contribution is 2.15. The van der Waals surface area contributed by atoms with Crippen LogP contribution in [0.4, 0.5) is 10.1 Å². The zero-order valence-corrected chi connectivity index (χ0v) is 8.72. The van der Waals surface area contributed by atoms with Crippen molar-refractivity contribution in [2.24, 2.45) is 0 Å². The summed E-state index contributed by atoms with van der Waals surface area (Å²) in [5.41, 5.74) is 5.40. The van der Waals surface area contributed by atoms with E-state index in [2.05, 4.69) is 11.3 Å². The molecule has 82 valence electrons. The summed E-state index contributed by atoms with van der Waals surface area (Å²) in [6, 6.07) is 3.14. The van der Waals surface area contributed by atoms with Crippen LogP contribution in [0.3, 0.4) is 0 Å². The highest BCUT2D eigenvalue weighted by Gasteiger charge is 2.14. The second-order valence-electron chi connectivity index (χ2n) is 2.86. The van der Waals surface area contributed by atoms with Crippen LogP contribution in [0, 0.1) is 5.82 Å². The summed E-state index contributed by atoms with van der Waals surface area (Å²) in [5.74, 6) is -0.686. The van der Waals surface area contributed by atoms with Crippen LogP contribution in [0.15, 0.2) is 35.7 Å². The summed E-state index contributed by atoms with van der Waals surface area (Å²) < 4.78 is 38.1. The van der Waals surface area contributed by atoms with E-state index in [4.69, 9.17) is 5.73 Å². The molecule has 0 radical (unpaired) electrons. The van der Waals surface area contributed by atoms with E-state index in [1.807, 2.05) is 0 Å². The number of nitrogens with two attached hydrogens (primary N) is 1. The molecule has 1 rings (SSSR count). The molecule has 6 heteroatoms. The Hall–Kier alpha value is -1.40. The molecule has 0 aliphatic heterocycles. The zero-order chi connectivity index (χ0) is 11.5. The standard InChI is InChI=1S/C9H11FN2O2S/c1-2-3-12-15(13,14)9-5-7(10)4-8(11)6-9/h2,4-6,12H,1,3,11H2. The van der Waals surface area contributed by atoms with Crippen molar-refractivity contribution in [1.29, 1.82) is 0 Å². The monoisotopic (exact) mass is 230 g/mol. The summed E-state index contributed by atoms with van der Waals surface area (Å²) in [7, 11) is -3.71. The van der Waals surface area contributed by atoms with Crippen molar-refractivity contribution in [2.45, 2.75) is 4.90 Å². The van der Waals surface area contributed by atoms with Crippen LogP contribution in [0.2, 0.25) is 0 Å². The average Bonchev–Trinajstić information content (AvgIpc) is 2.13. The van der Waals surface area contributed by atoms with Crippen molar-refractivity contribution in [2.75, 3.05) is 12.3 Å². The lowest BCUT2D eigenvalue weighted by atomic mass is 10.3. The fraction of sp³-hybridized carbons (Fsp3) is 0.111. The van der Waals surface area contributed by atoms with E-state index in [0.717, 1.165) is 12.1 Å². The number of anilines is 1. The van der Waals surface area contributed by atoms with Gasteiger partial charge in [-0.25, -0.2) is 17.5 Å². The average molecular weight is 230 g/mol. The minimum absolute atomic E-state index is 0.0639. The number of rotatable bonds is 4. The first-order valence-corrected chi connectivity index (χ1v) is 5.60. The van der Waals surface area contributed by atoms with Crippen LogP contribution in [-0.2, 0) is 10.0 Å². The predicted octanol–water partition coefficient (Wildman–Crippen LogP) is 0.872. The van der Waals surface area contributed by atoms with Crippen molar-refractivity contribution in [3.05, 3.63) is 36.7 Å². The molecule has 1 aromatic rings. The third-order valence-electron chi connectivity index (χ3n) is 1.62. The van der Waals surface area contributed by atoms with Crippen LogP contribution < -0.4 is 10.5 Å². The molecule has 15 heavy (non-hydrogen) atoms. The molecule has 0 spiro atoms. The Morgan fingerprint density at radius 2 is 2.13 bits per heavy atom. The van der Waals surface area contributed by atoms with E-state index in [9.17, 15) is 12.8 Å². The SMILES string of the molecule is C=CCNS(=O)(=O)c1cc(N)cc(F)c1. The quantitative estimate of drug-likeness (QED) is 0.595. The summed E-state index contributed by atoms with van der Waals surface area (Å²) in [5, 5.41) is 0. The smallest absolute Gasteiger partial charge is 0.241 e. The first-order valence-electron chi connectivity index (χ1n) is 4.12. The zero-order valence-electron chi connectivity index (χ0n) is 7.90. The molecule has 1 aromatic carbocycles. The summed E-state index contributed by atoms with van der Waals surface area (Å²) in [4.78, 5) is -0.193. The number of sulfonamides is 1. The van der Waals surface area contributed by atoms with E-state index in [-0.39, 0.29) is 17.1 Å². The molecule has 0 aliphatic carbocycles. The molecule has 0 atom stereocenters. The maximum absolute atomic E-state index is 12.9. The molecule has 0 bridgehead atoms. The first-order chi connectivity index (χ1) is 6.95.